The van der Waals surface area contributed by atoms with Crippen LogP contribution in [-0.2, 0) is 4.74 Å². The maximum Gasteiger partial charge on any atom is 0.410 e. The standard InChI is InChI=1S/C17H23NO2/c1-6-10-15(14-11-8-7-9-12-14)13-18(5)16(19)20-17(2,3)4/h6-9,11-12H,13H2,1-5H3. The van der Waals surface area contributed by atoms with Gasteiger partial charge in [0.1, 0.15) is 5.60 Å². The second kappa shape index (κ2) is 6.97. The zero-order valence-corrected chi connectivity index (χ0v) is 12.9. The van der Waals surface area contributed by atoms with Gasteiger partial charge in [0.05, 0.1) is 6.54 Å². The number of rotatable bonds is 3. The molecule has 3 nitrogen and oxygen atoms in total. The third-order valence-corrected chi connectivity index (χ3v) is 2.54. The van der Waals surface area contributed by atoms with E-state index in [2.05, 4.69) is 5.73 Å². The molecule has 0 bridgehead atoms. The van der Waals surface area contributed by atoms with Gasteiger partial charge in [-0.15, -0.1) is 5.73 Å². The average molecular weight is 273 g/mol. The van der Waals surface area contributed by atoms with E-state index in [9.17, 15) is 4.79 Å². The lowest BCUT2D eigenvalue weighted by molar-refractivity contribution is 0.0321. The number of benzene rings is 1. The molecule has 0 saturated heterocycles. The number of hydrogen-bond acceptors (Lipinski definition) is 2. The maximum atomic E-state index is 12.0. The van der Waals surface area contributed by atoms with Crippen molar-refractivity contribution in [1.29, 1.82) is 0 Å². The largest absolute Gasteiger partial charge is 0.444 e. The Balaban J connectivity index is 2.83. The van der Waals surface area contributed by atoms with E-state index in [1.165, 1.54) is 0 Å². The van der Waals surface area contributed by atoms with Crippen molar-refractivity contribution in [1.82, 2.24) is 4.90 Å². The van der Waals surface area contributed by atoms with Gasteiger partial charge in [0.15, 0.2) is 0 Å². The Morgan fingerprint density at radius 2 is 1.90 bits per heavy atom. The van der Waals surface area contributed by atoms with Crippen LogP contribution in [0.5, 0.6) is 0 Å². The van der Waals surface area contributed by atoms with E-state index in [0.29, 0.717) is 6.54 Å². The summed E-state index contributed by atoms with van der Waals surface area (Å²) in [6.45, 7) is 7.95. The van der Waals surface area contributed by atoms with Crippen LogP contribution in [0.25, 0.3) is 5.57 Å². The maximum absolute atomic E-state index is 12.0. The van der Waals surface area contributed by atoms with Crippen LogP contribution in [0.2, 0.25) is 0 Å². The van der Waals surface area contributed by atoms with Crippen molar-refractivity contribution in [3.63, 3.8) is 0 Å². The summed E-state index contributed by atoms with van der Waals surface area (Å²) in [5.41, 5.74) is 4.72. The average Bonchev–Trinajstić information content (AvgIpc) is 2.37. The Labute approximate surface area is 121 Å². The Bertz CT molecular complexity index is 506. The zero-order chi connectivity index (χ0) is 15.2. The van der Waals surface area contributed by atoms with Crippen LogP contribution in [0.3, 0.4) is 0 Å². The SMILES string of the molecule is CC=C=C(CN(C)C(=O)OC(C)(C)C)c1ccccc1. The topological polar surface area (TPSA) is 29.5 Å². The first-order valence-electron chi connectivity index (χ1n) is 6.73. The third kappa shape index (κ3) is 5.33. The van der Waals surface area contributed by atoms with Crippen molar-refractivity contribution < 1.29 is 9.53 Å². The molecular formula is C17H23NO2. The molecule has 1 amide bonds. The van der Waals surface area contributed by atoms with Crippen LogP contribution in [0.1, 0.15) is 33.3 Å². The molecule has 0 fully saturated rings. The quantitative estimate of drug-likeness (QED) is 0.776. The number of carbonyl (C=O) groups is 1. The Morgan fingerprint density at radius 3 is 2.40 bits per heavy atom. The highest BCUT2D eigenvalue weighted by Crippen LogP contribution is 2.16. The second-order valence-electron chi connectivity index (χ2n) is 5.61. The molecule has 0 spiro atoms. The lowest BCUT2D eigenvalue weighted by Gasteiger charge is -2.25. The lowest BCUT2D eigenvalue weighted by Crippen LogP contribution is -2.35. The van der Waals surface area contributed by atoms with Gasteiger partial charge >= 0.3 is 6.09 Å². The number of nitrogens with zero attached hydrogens (tertiary/aromatic N) is 1. The molecular weight excluding hydrogens is 250 g/mol. The number of amides is 1. The van der Waals surface area contributed by atoms with E-state index in [-0.39, 0.29) is 6.09 Å². The molecule has 1 rings (SSSR count). The first-order chi connectivity index (χ1) is 9.33. The van der Waals surface area contributed by atoms with Gasteiger partial charge in [-0.1, -0.05) is 30.3 Å². The molecule has 0 unspecified atom stereocenters. The van der Waals surface area contributed by atoms with Gasteiger partial charge in [-0.25, -0.2) is 4.79 Å². The molecule has 108 valence electrons. The molecule has 0 saturated carbocycles. The summed E-state index contributed by atoms with van der Waals surface area (Å²) in [6, 6.07) is 9.93. The van der Waals surface area contributed by atoms with Crippen molar-refractivity contribution in [3.05, 3.63) is 47.7 Å². The van der Waals surface area contributed by atoms with E-state index < -0.39 is 5.60 Å². The van der Waals surface area contributed by atoms with Crippen LogP contribution in [0.4, 0.5) is 4.79 Å². The molecule has 0 aromatic heterocycles. The monoisotopic (exact) mass is 273 g/mol. The smallest absolute Gasteiger partial charge is 0.410 e. The molecule has 3 heteroatoms. The normalized spacial score (nSPS) is 10.4. The van der Waals surface area contributed by atoms with Crippen molar-refractivity contribution >= 4 is 11.7 Å². The Morgan fingerprint density at radius 1 is 1.30 bits per heavy atom. The summed E-state index contributed by atoms with van der Waals surface area (Å²) < 4.78 is 5.35. The Hall–Kier alpha value is -1.99. The molecule has 1 aromatic carbocycles. The van der Waals surface area contributed by atoms with Gasteiger partial charge < -0.3 is 9.64 Å². The number of carbonyl (C=O) groups excluding carboxylic acids is 1. The van der Waals surface area contributed by atoms with E-state index in [4.69, 9.17) is 4.74 Å². The number of likely N-dealkylation sites (N-methyl/N-ethyl adjacent to an activating group) is 1. The van der Waals surface area contributed by atoms with Crippen molar-refractivity contribution in [2.45, 2.75) is 33.3 Å². The summed E-state index contributed by atoms with van der Waals surface area (Å²) in [4.78, 5) is 13.5. The van der Waals surface area contributed by atoms with Gasteiger partial charge in [0.2, 0.25) is 0 Å². The highest BCUT2D eigenvalue weighted by molar-refractivity contribution is 5.73. The number of ether oxygens (including phenoxy) is 1. The predicted octanol–water partition coefficient (Wildman–Crippen LogP) is 4.11. The summed E-state index contributed by atoms with van der Waals surface area (Å²) in [6.07, 6.45) is 1.52. The molecule has 20 heavy (non-hydrogen) atoms. The van der Waals surface area contributed by atoms with Crippen molar-refractivity contribution in [2.24, 2.45) is 0 Å². The zero-order valence-electron chi connectivity index (χ0n) is 12.9. The highest BCUT2D eigenvalue weighted by atomic mass is 16.6. The van der Waals surface area contributed by atoms with Crippen molar-refractivity contribution in [3.8, 4) is 0 Å². The fraction of sp³-hybridized carbons (Fsp3) is 0.412. The summed E-state index contributed by atoms with van der Waals surface area (Å²) in [5, 5.41) is 0. The molecule has 0 radical (unpaired) electrons. The summed E-state index contributed by atoms with van der Waals surface area (Å²) in [5.74, 6) is 0. The predicted molar refractivity (Wildman–Crippen MR) is 82.5 cm³/mol. The fourth-order valence-electron chi connectivity index (χ4n) is 1.68. The fourth-order valence-corrected chi connectivity index (χ4v) is 1.68. The molecule has 0 atom stereocenters. The molecule has 0 aliphatic carbocycles. The first kappa shape index (κ1) is 16.1. The van der Waals surface area contributed by atoms with Crippen LogP contribution in [-0.4, -0.2) is 30.2 Å². The van der Waals surface area contributed by atoms with Gasteiger partial charge in [-0.2, -0.15) is 0 Å². The van der Waals surface area contributed by atoms with E-state index in [1.54, 1.807) is 11.9 Å². The number of hydrogen-bond donors (Lipinski definition) is 0. The minimum Gasteiger partial charge on any atom is -0.444 e. The van der Waals surface area contributed by atoms with E-state index >= 15 is 0 Å². The minimum absolute atomic E-state index is 0.330. The van der Waals surface area contributed by atoms with Gasteiger partial charge in [-0.05, 0) is 39.3 Å². The third-order valence-electron chi connectivity index (χ3n) is 2.54. The molecule has 0 heterocycles. The molecule has 0 aliphatic heterocycles. The molecule has 0 N–H and O–H groups in total. The van der Waals surface area contributed by atoms with Gasteiger partial charge in [0.25, 0.3) is 0 Å². The van der Waals surface area contributed by atoms with Gasteiger partial charge in [0, 0.05) is 12.6 Å². The lowest BCUT2D eigenvalue weighted by atomic mass is 10.1. The van der Waals surface area contributed by atoms with Gasteiger partial charge in [-0.3, -0.25) is 0 Å². The van der Waals surface area contributed by atoms with Crippen LogP contribution in [0, 0.1) is 0 Å². The molecule has 1 aromatic rings. The summed E-state index contributed by atoms with van der Waals surface area (Å²) in [7, 11) is 1.73. The van der Waals surface area contributed by atoms with E-state index in [1.807, 2.05) is 64.1 Å². The second-order valence-corrected chi connectivity index (χ2v) is 5.61. The highest BCUT2D eigenvalue weighted by Gasteiger charge is 2.20. The van der Waals surface area contributed by atoms with Crippen molar-refractivity contribution in [2.75, 3.05) is 13.6 Å². The van der Waals surface area contributed by atoms with Crippen LogP contribution < -0.4 is 0 Å². The van der Waals surface area contributed by atoms with E-state index in [0.717, 1.165) is 11.1 Å². The minimum atomic E-state index is -0.484. The Kier molecular flexibility index (Phi) is 5.60. The van der Waals surface area contributed by atoms with Crippen LogP contribution >= 0.6 is 0 Å². The summed E-state index contributed by atoms with van der Waals surface area (Å²) >= 11 is 0. The first-order valence-corrected chi connectivity index (χ1v) is 6.73. The molecule has 0 aliphatic rings. The van der Waals surface area contributed by atoms with Crippen LogP contribution in [0.15, 0.2) is 42.1 Å².